The number of hydrogen-bond donors (Lipinski definition) is 1. The van der Waals surface area contributed by atoms with Crippen LogP contribution < -0.4 is 10.1 Å². The van der Waals surface area contributed by atoms with E-state index in [1.54, 1.807) is 55.0 Å². The second-order valence-corrected chi connectivity index (χ2v) is 7.80. The van der Waals surface area contributed by atoms with Gasteiger partial charge in [-0.15, -0.1) is 16.8 Å². The molecule has 0 unspecified atom stereocenters. The molecule has 9 heteroatoms. The van der Waals surface area contributed by atoms with Gasteiger partial charge in [0.15, 0.2) is 16.8 Å². The van der Waals surface area contributed by atoms with Gasteiger partial charge in [-0.25, -0.2) is 4.39 Å². The van der Waals surface area contributed by atoms with Gasteiger partial charge >= 0.3 is 0 Å². The number of thioether (sulfide) groups is 1. The average Bonchev–Trinajstić information content (AvgIpc) is 3.20. The Bertz CT molecular complexity index is 1110. The largest absolute Gasteiger partial charge is 0.497 e. The van der Waals surface area contributed by atoms with Crippen molar-refractivity contribution in [2.75, 3.05) is 12.9 Å². The van der Waals surface area contributed by atoms with Crippen LogP contribution in [0.1, 0.15) is 39.5 Å². The molecule has 0 radical (unpaired) electrons. The van der Waals surface area contributed by atoms with Crippen molar-refractivity contribution in [2.24, 2.45) is 0 Å². The molecule has 1 aromatic heterocycles. The Labute approximate surface area is 189 Å². The summed E-state index contributed by atoms with van der Waals surface area (Å²) < 4.78 is 20.8. The molecule has 1 amide bonds. The number of benzene rings is 2. The van der Waals surface area contributed by atoms with Crippen LogP contribution >= 0.6 is 11.8 Å². The van der Waals surface area contributed by atoms with Crippen molar-refractivity contribution in [3.8, 4) is 5.75 Å². The maximum absolute atomic E-state index is 13.9. The number of amides is 1. The van der Waals surface area contributed by atoms with E-state index in [4.69, 9.17) is 4.74 Å². The Balaban J connectivity index is 1.71. The molecular formula is C23H23FN4O3S. The van der Waals surface area contributed by atoms with Gasteiger partial charge < -0.3 is 14.6 Å². The molecule has 7 nitrogen and oxygen atoms in total. The lowest BCUT2D eigenvalue weighted by Crippen LogP contribution is -2.29. The number of carbonyl (C=O) groups excluding carboxylic acids is 2. The quantitative estimate of drug-likeness (QED) is 0.282. The molecule has 1 N–H and O–H groups in total. The first kappa shape index (κ1) is 23.2. The van der Waals surface area contributed by atoms with Crippen molar-refractivity contribution in [2.45, 2.75) is 24.7 Å². The summed E-state index contributed by atoms with van der Waals surface area (Å²) in [7, 11) is 1.57. The zero-order chi connectivity index (χ0) is 23.1. The van der Waals surface area contributed by atoms with E-state index in [0.717, 1.165) is 0 Å². The van der Waals surface area contributed by atoms with Crippen molar-refractivity contribution in [1.29, 1.82) is 0 Å². The fourth-order valence-electron chi connectivity index (χ4n) is 3.00. The van der Waals surface area contributed by atoms with E-state index >= 15 is 0 Å². The third-order valence-corrected chi connectivity index (χ3v) is 5.62. The highest BCUT2D eigenvalue weighted by Gasteiger charge is 2.21. The number of carbonyl (C=O) groups is 2. The summed E-state index contributed by atoms with van der Waals surface area (Å²) >= 11 is 1.24. The standard InChI is InChI=1S/C23H23FN4O3S/c1-4-13-28-21(15(2)25-22(30)18-7-5-6-8-19(18)24)26-27-23(28)32-14-20(29)16-9-11-17(31-3)12-10-16/h4-12,15H,1,13-14H2,2-3H3,(H,25,30)/t15-/m0/s1. The predicted molar refractivity (Wildman–Crippen MR) is 121 cm³/mol. The highest BCUT2D eigenvalue weighted by Crippen LogP contribution is 2.23. The lowest BCUT2D eigenvalue weighted by molar-refractivity contribution is 0.0932. The minimum atomic E-state index is -0.599. The molecule has 0 aliphatic heterocycles. The lowest BCUT2D eigenvalue weighted by atomic mass is 10.1. The minimum absolute atomic E-state index is 0.0474. The van der Waals surface area contributed by atoms with Crippen molar-refractivity contribution < 1.29 is 18.7 Å². The summed E-state index contributed by atoms with van der Waals surface area (Å²) in [5.41, 5.74) is 0.521. The molecule has 3 rings (SSSR count). The second-order valence-electron chi connectivity index (χ2n) is 6.86. The Hall–Kier alpha value is -3.46. The number of Topliss-reactive ketones (excluding diaryl/α,β-unsaturated/α-hetero) is 1. The average molecular weight is 455 g/mol. The van der Waals surface area contributed by atoms with Crippen LogP contribution in [0.25, 0.3) is 0 Å². The fourth-order valence-corrected chi connectivity index (χ4v) is 3.85. The van der Waals surface area contributed by atoms with Gasteiger partial charge in [-0.3, -0.25) is 9.59 Å². The summed E-state index contributed by atoms with van der Waals surface area (Å²) in [6, 6.07) is 12.1. The normalized spacial score (nSPS) is 11.6. The molecule has 0 aliphatic rings. The van der Waals surface area contributed by atoms with Crippen molar-refractivity contribution in [3.63, 3.8) is 0 Å². The van der Waals surface area contributed by atoms with Gasteiger partial charge in [0.2, 0.25) is 0 Å². The first-order valence-electron chi connectivity index (χ1n) is 9.84. The summed E-state index contributed by atoms with van der Waals surface area (Å²) in [5.74, 6) is 0.112. The van der Waals surface area contributed by atoms with Crippen LogP contribution in [0.4, 0.5) is 4.39 Å². The van der Waals surface area contributed by atoms with Gasteiger partial charge in [-0.2, -0.15) is 0 Å². The Morgan fingerprint density at radius 3 is 2.59 bits per heavy atom. The molecule has 0 spiro atoms. The van der Waals surface area contributed by atoms with E-state index in [1.165, 1.54) is 30.0 Å². The van der Waals surface area contributed by atoms with Crippen LogP contribution in [0.3, 0.4) is 0 Å². The summed E-state index contributed by atoms with van der Waals surface area (Å²) in [6.45, 7) is 5.88. The van der Waals surface area contributed by atoms with E-state index in [-0.39, 0.29) is 17.1 Å². The van der Waals surface area contributed by atoms with Crippen molar-refractivity contribution in [1.82, 2.24) is 20.1 Å². The van der Waals surface area contributed by atoms with E-state index in [1.807, 2.05) is 0 Å². The predicted octanol–water partition coefficient (Wildman–Crippen LogP) is 4.08. The van der Waals surface area contributed by atoms with Crippen LogP contribution in [-0.2, 0) is 6.54 Å². The van der Waals surface area contributed by atoms with Crippen LogP contribution in [0.15, 0.2) is 66.3 Å². The molecule has 1 atom stereocenters. The van der Waals surface area contributed by atoms with Crippen LogP contribution in [0, 0.1) is 5.82 Å². The van der Waals surface area contributed by atoms with Crippen LogP contribution in [-0.4, -0.2) is 39.3 Å². The molecule has 0 saturated heterocycles. The third kappa shape index (κ3) is 5.42. The van der Waals surface area contributed by atoms with E-state index in [9.17, 15) is 14.0 Å². The molecular weight excluding hydrogens is 431 g/mol. The van der Waals surface area contributed by atoms with E-state index in [2.05, 4.69) is 22.1 Å². The van der Waals surface area contributed by atoms with E-state index < -0.39 is 17.8 Å². The molecule has 166 valence electrons. The SMILES string of the molecule is C=CCn1c(SCC(=O)c2ccc(OC)cc2)nnc1[C@H](C)NC(=O)c1ccccc1F. The Morgan fingerprint density at radius 2 is 1.94 bits per heavy atom. The number of ether oxygens (including phenoxy) is 1. The number of methoxy groups -OCH3 is 1. The molecule has 2 aromatic carbocycles. The van der Waals surface area contributed by atoms with Crippen LogP contribution in [0.2, 0.25) is 0 Å². The molecule has 0 fully saturated rings. The van der Waals surface area contributed by atoms with Crippen molar-refractivity contribution in [3.05, 3.63) is 84.0 Å². The summed E-state index contributed by atoms with van der Waals surface area (Å²) in [5, 5.41) is 11.6. The van der Waals surface area contributed by atoms with Gasteiger partial charge in [0.05, 0.1) is 24.5 Å². The van der Waals surface area contributed by atoms with E-state index in [0.29, 0.717) is 28.8 Å². The molecule has 1 heterocycles. The molecule has 0 saturated carbocycles. The highest BCUT2D eigenvalue weighted by atomic mass is 32.2. The zero-order valence-electron chi connectivity index (χ0n) is 17.7. The monoisotopic (exact) mass is 454 g/mol. The zero-order valence-corrected chi connectivity index (χ0v) is 18.6. The molecule has 0 bridgehead atoms. The van der Waals surface area contributed by atoms with Gasteiger partial charge in [0, 0.05) is 12.1 Å². The van der Waals surface area contributed by atoms with Gasteiger partial charge in [-0.1, -0.05) is 30.0 Å². The molecule has 0 aliphatic carbocycles. The lowest BCUT2D eigenvalue weighted by Gasteiger charge is -2.15. The molecule has 3 aromatic rings. The fraction of sp³-hybridized carbons (Fsp3) is 0.217. The van der Waals surface area contributed by atoms with Crippen molar-refractivity contribution >= 4 is 23.5 Å². The maximum atomic E-state index is 13.9. The molecule has 32 heavy (non-hydrogen) atoms. The minimum Gasteiger partial charge on any atom is -0.497 e. The summed E-state index contributed by atoms with van der Waals surface area (Å²) in [6.07, 6.45) is 1.67. The number of hydrogen-bond acceptors (Lipinski definition) is 6. The van der Waals surface area contributed by atoms with Crippen LogP contribution in [0.5, 0.6) is 5.75 Å². The maximum Gasteiger partial charge on any atom is 0.254 e. The number of halogens is 1. The Morgan fingerprint density at radius 1 is 1.22 bits per heavy atom. The van der Waals surface area contributed by atoms with Gasteiger partial charge in [0.1, 0.15) is 11.6 Å². The summed E-state index contributed by atoms with van der Waals surface area (Å²) in [4.78, 5) is 25.0. The number of nitrogens with one attached hydrogen (secondary N) is 1. The highest BCUT2D eigenvalue weighted by molar-refractivity contribution is 7.99. The Kier molecular flexibility index (Phi) is 7.77. The van der Waals surface area contributed by atoms with Gasteiger partial charge in [0.25, 0.3) is 5.91 Å². The number of ketones is 1. The number of rotatable bonds is 10. The first-order chi connectivity index (χ1) is 15.4. The van der Waals surface area contributed by atoms with Gasteiger partial charge in [-0.05, 0) is 43.3 Å². The third-order valence-electron chi connectivity index (χ3n) is 4.65. The smallest absolute Gasteiger partial charge is 0.254 e. The second kappa shape index (κ2) is 10.7. The topological polar surface area (TPSA) is 86.1 Å². The first-order valence-corrected chi connectivity index (χ1v) is 10.8. The number of aromatic nitrogens is 3. The number of allylic oxidation sites excluding steroid dienone is 1. The number of nitrogens with zero attached hydrogens (tertiary/aromatic N) is 3.